The van der Waals surface area contributed by atoms with Crippen molar-refractivity contribution in [1.29, 1.82) is 0 Å². The van der Waals surface area contributed by atoms with Gasteiger partial charge in [-0.3, -0.25) is 9.59 Å². The number of amides is 1. The number of aliphatic carboxylic acids is 1. The van der Waals surface area contributed by atoms with E-state index in [1.54, 1.807) is 6.92 Å². The van der Waals surface area contributed by atoms with Gasteiger partial charge in [-0.2, -0.15) is 0 Å². The largest absolute Gasteiger partial charge is 0.480 e. The van der Waals surface area contributed by atoms with Gasteiger partial charge in [0.2, 0.25) is 5.91 Å². The molecule has 1 amide bonds. The zero-order valence-electron chi connectivity index (χ0n) is 10.4. The molecule has 0 bridgehead atoms. The molecule has 0 aliphatic carbocycles. The van der Waals surface area contributed by atoms with Crippen LogP contribution in [-0.2, 0) is 9.59 Å². The SMILES string of the molecule is CC(C)C.C[C@H](N)C(N)C(=O)NCC(=O)O. The van der Waals surface area contributed by atoms with Gasteiger partial charge in [0.15, 0.2) is 0 Å². The molecule has 6 N–H and O–H groups in total. The number of hydrogen-bond donors (Lipinski definition) is 4. The molecule has 1 unspecified atom stereocenters. The Morgan fingerprint density at radius 1 is 1.19 bits per heavy atom. The van der Waals surface area contributed by atoms with Gasteiger partial charge in [-0.1, -0.05) is 20.8 Å². The lowest BCUT2D eigenvalue weighted by atomic mass is 10.1. The maximum Gasteiger partial charge on any atom is 0.322 e. The minimum atomic E-state index is -1.11. The molecule has 6 heteroatoms. The Bertz CT molecular complexity index is 215. The molecular weight excluding hydrogens is 210 g/mol. The van der Waals surface area contributed by atoms with Gasteiger partial charge in [-0.25, -0.2) is 0 Å². The quantitative estimate of drug-likeness (QED) is 0.523. The smallest absolute Gasteiger partial charge is 0.322 e. The highest BCUT2D eigenvalue weighted by Crippen LogP contribution is 1.84. The van der Waals surface area contributed by atoms with Crippen LogP contribution >= 0.6 is 0 Å². The first-order valence-corrected chi connectivity index (χ1v) is 5.19. The summed E-state index contributed by atoms with van der Waals surface area (Å²) in [6.45, 7) is 7.64. The molecule has 0 spiro atoms. The maximum atomic E-state index is 10.9. The van der Waals surface area contributed by atoms with E-state index in [4.69, 9.17) is 16.6 Å². The topological polar surface area (TPSA) is 118 Å². The second kappa shape index (κ2) is 9.11. The van der Waals surface area contributed by atoms with E-state index in [1.807, 2.05) is 0 Å². The fourth-order valence-electron chi connectivity index (χ4n) is 0.519. The van der Waals surface area contributed by atoms with E-state index in [0.717, 1.165) is 5.92 Å². The molecular formula is C10H23N3O3. The Kier molecular flexibility index (Phi) is 9.83. The lowest BCUT2D eigenvalue weighted by Crippen LogP contribution is -2.51. The van der Waals surface area contributed by atoms with Crippen LogP contribution < -0.4 is 16.8 Å². The molecule has 0 aromatic carbocycles. The van der Waals surface area contributed by atoms with E-state index < -0.39 is 30.5 Å². The second-order valence-electron chi connectivity index (χ2n) is 4.23. The normalized spacial score (nSPS) is 13.4. The van der Waals surface area contributed by atoms with Crippen LogP contribution in [0.5, 0.6) is 0 Å². The van der Waals surface area contributed by atoms with E-state index in [1.165, 1.54) is 0 Å². The summed E-state index contributed by atoms with van der Waals surface area (Å²) in [5.74, 6) is -0.826. The van der Waals surface area contributed by atoms with Crippen LogP contribution in [0.2, 0.25) is 0 Å². The van der Waals surface area contributed by atoms with Gasteiger partial charge < -0.3 is 21.9 Å². The van der Waals surface area contributed by atoms with E-state index in [2.05, 4.69) is 26.1 Å². The van der Waals surface area contributed by atoms with Crippen molar-refractivity contribution in [3.05, 3.63) is 0 Å². The number of nitrogens with one attached hydrogen (secondary N) is 1. The van der Waals surface area contributed by atoms with Crippen LogP contribution in [-0.4, -0.2) is 35.6 Å². The molecule has 0 aromatic heterocycles. The van der Waals surface area contributed by atoms with Crippen LogP contribution in [0.4, 0.5) is 0 Å². The average Bonchev–Trinajstić information content (AvgIpc) is 2.11. The molecule has 0 rings (SSSR count). The molecule has 0 aliphatic rings. The fraction of sp³-hybridized carbons (Fsp3) is 0.800. The summed E-state index contributed by atoms with van der Waals surface area (Å²) in [5.41, 5.74) is 10.6. The Morgan fingerprint density at radius 2 is 1.56 bits per heavy atom. The average molecular weight is 233 g/mol. The summed E-state index contributed by atoms with van der Waals surface area (Å²) in [4.78, 5) is 20.9. The zero-order valence-corrected chi connectivity index (χ0v) is 10.4. The number of carboxylic acid groups (broad SMARTS) is 1. The molecule has 6 nitrogen and oxygen atoms in total. The molecule has 0 aromatic rings. The third-order valence-electron chi connectivity index (χ3n) is 1.28. The zero-order chi connectivity index (χ0) is 13.3. The van der Waals surface area contributed by atoms with Crippen molar-refractivity contribution in [3.63, 3.8) is 0 Å². The summed E-state index contributed by atoms with van der Waals surface area (Å²) < 4.78 is 0. The van der Waals surface area contributed by atoms with E-state index in [-0.39, 0.29) is 0 Å². The van der Waals surface area contributed by atoms with Crippen LogP contribution in [0, 0.1) is 5.92 Å². The minimum Gasteiger partial charge on any atom is -0.480 e. The number of rotatable bonds is 4. The van der Waals surface area contributed by atoms with Crippen LogP contribution in [0.1, 0.15) is 27.7 Å². The fourth-order valence-corrected chi connectivity index (χ4v) is 0.519. The molecule has 0 aliphatic heterocycles. The third kappa shape index (κ3) is 12.9. The summed E-state index contributed by atoms with van der Waals surface area (Å²) in [6.07, 6.45) is 0. The predicted octanol–water partition coefficient (Wildman–Crippen LogP) is -0.476. The number of nitrogens with two attached hydrogens (primary N) is 2. The predicted molar refractivity (Wildman–Crippen MR) is 62.8 cm³/mol. The molecule has 0 saturated carbocycles. The summed E-state index contributed by atoms with van der Waals surface area (Å²) in [6, 6.07) is -1.34. The lowest BCUT2D eigenvalue weighted by Gasteiger charge is -2.13. The first kappa shape index (κ1) is 17.3. The highest BCUT2D eigenvalue weighted by atomic mass is 16.4. The summed E-state index contributed by atoms with van der Waals surface area (Å²) >= 11 is 0. The van der Waals surface area contributed by atoms with Gasteiger partial charge in [0.1, 0.15) is 6.54 Å². The molecule has 0 fully saturated rings. The monoisotopic (exact) mass is 233 g/mol. The van der Waals surface area contributed by atoms with Crippen molar-refractivity contribution in [3.8, 4) is 0 Å². The Hall–Kier alpha value is -1.14. The van der Waals surface area contributed by atoms with Gasteiger partial charge in [0.05, 0.1) is 6.04 Å². The molecule has 0 heterocycles. The number of hydrogen-bond acceptors (Lipinski definition) is 4. The van der Waals surface area contributed by atoms with Crippen LogP contribution in [0.15, 0.2) is 0 Å². The maximum absolute atomic E-state index is 10.9. The number of carboxylic acids is 1. The highest BCUT2D eigenvalue weighted by Gasteiger charge is 2.17. The summed E-state index contributed by atoms with van der Waals surface area (Å²) in [7, 11) is 0. The first-order valence-electron chi connectivity index (χ1n) is 5.19. The van der Waals surface area contributed by atoms with Crippen LogP contribution in [0.25, 0.3) is 0 Å². The van der Waals surface area contributed by atoms with Gasteiger partial charge in [0, 0.05) is 6.04 Å². The van der Waals surface area contributed by atoms with Crippen molar-refractivity contribution in [2.75, 3.05) is 6.54 Å². The van der Waals surface area contributed by atoms with Crippen molar-refractivity contribution in [2.45, 2.75) is 39.8 Å². The lowest BCUT2D eigenvalue weighted by molar-refractivity contribution is -0.138. The molecule has 0 radical (unpaired) electrons. The standard InChI is InChI=1S/C6H13N3O3.C4H10/c1-3(7)5(8)6(12)9-2-4(10)11;1-4(2)3/h3,5H,2,7-8H2,1H3,(H,9,12)(H,10,11);4H,1-3H3/t3-,5?;/m0./s1. The molecule has 96 valence electrons. The Morgan fingerprint density at radius 3 is 1.81 bits per heavy atom. The van der Waals surface area contributed by atoms with Gasteiger partial charge in [0.25, 0.3) is 0 Å². The van der Waals surface area contributed by atoms with E-state index in [9.17, 15) is 9.59 Å². The second-order valence-corrected chi connectivity index (χ2v) is 4.23. The first-order chi connectivity index (χ1) is 7.18. The van der Waals surface area contributed by atoms with Crippen molar-refractivity contribution in [1.82, 2.24) is 5.32 Å². The van der Waals surface area contributed by atoms with E-state index >= 15 is 0 Å². The highest BCUT2D eigenvalue weighted by molar-refractivity contribution is 5.85. The van der Waals surface area contributed by atoms with Crippen molar-refractivity contribution >= 4 is 11.9 Å². The molecule has 16 heavy (non-hydrogen) atoms. The Labute approximate surface area is 96.4 Å². The third-order valence-corrected chi connectivity index (χ3v) is 1.28. The number of carbonyl (C=O) groups is 2. The number of carbonyl (C=O) groups excluding carboxylic acids is 1. The van der Waals surface area contributed by atoms with Crippen molar-refractivity contribution in [2.24, 2.45) is 17.4 Å². The molecule has 0 saturated heterocycles. The van der Waals surface area contributed by atoms with Crippen LogP contribution in [0.3, 0.4) is 0 Å². The molecule has 2 atom stereocenters. The minimum absolute atomic E-state index is 0.431. The van der Waals surface area contributed by atoms with Gasteiger partial charge >= 0.3 is 5.97 Å². The Balaban J connectivity index is 0. The van der Waals surface area contributed by atoms with E-state index in [0.29, 0.717) is 0 Å². The van der Waals surface area contributed by atoms with Gasteiger partial charge in [-0.15, -0.1) is 0 Å². The van der Waals surface area contributed by atoms with Crippen molar-refractivity contribution < 1.29 is 14.7 Å². The summed E-state index contributed by atoms with van der Waals surface area (Å²) in [5, 5.41) is 10.3. The van der Waals surface area contributed by atoms with Gasteiger partial charge in [-0.05, 0) is 12.8 Å².